The molecule has 2 rings (SSSR count). The van der Waals surface area contributed by atoms with Crippen molar-refractivity contribution in [3.63, 3.8) is 0 Å². The van der Waals surface area contributed by atoms with E-state index < -0.39 is 9.05 Å². The Bertz CT molecular complexity index is 548. The van der Waals surface area contributed by atoms with Crippen LogP contribution >= 0.6 is 10.7 Å². The minimum atomic E-state index is -3.80. The lowest BCUT2D eigenvalue weighted by Crippen LogP contribution is -1.90. The van der Waals surface area contributed by atoms with Crippen LogP contribution in [-0.2, 0) is 9.05 Å². The highest BCUT2D eigenvalue weighted by molar-refractivity contribution is 8.13. The van der Waals surface area contributed by atoms with Crippen LogP contribution in [0.3, 0.4) is 0 Å². The summed E-state index contributed by atoms with van der Waals surface area (Å²) in [6, 6.07) is 4.43. The highest BCUT2D eigenvalue weighted by Crippen LogP contribution is 2.23. The Morgan fingerprint density at radius 2 is 2.15 bits per heavy atom. The predicted octanol–water partition coefficient (Wildman–Crippen LogP) is 1.15. The number of rotatable bonds is 1. The van der Waals surface area contributed by atoms with Gasteiger partial charge in [0.05, 0.1) is 0 Å². The Morgan fingerprint density at radius 3 is 2.85 bits per heavy atom. The van der Waals surface area contributed by atoms with Crippen LogP contribution in [0.1, 0.15) is 0 Å². The van der Waals surface area contributed by atoms with Gasteiger partial charge in [-0.2, -0.15) is 0 Å². The van der Waals surface area contributed by atoms with E-state index in [1.807, 2.05) is 0 Å². The molecular weight excluding hydrogens is 216 g/mol. The molecule has 0 bridgehead atoms. The van der Waals surface area contributed by atoms with Gasteiger partial charge in [0.2, 0.25) is 5.58 Å². The zero-order chi connectivity index (χ0) is 9.47. The number of aromatic nitrogens is 2. The summed E-state index contributed by atoms with van der Waals surface area (Å²) >= 11 is 0. The molecule has 1 heterocycles. The summed E-state index contributed by atoms with van der Waals surface area (Å²) in [6.07, 6.45) is 0. The van der Waals surface area contributed by atoms with Gasteiger partial charge >= 0.3 is 0 Å². The van der Waals surface area contributed by atoms with E-state index >= 15 is 0 Å². The summed E-state index contributed by atoms with van der Waals surface area (Å²) in [4.78, 5) is -0.114. The monoisotopic (exact) mass is 218 g/mol. The van der Waals surface area contributed by atoms with Crippen molar-refractivity contribution in [3.05, 3.63) is 18.2 Å². The molecule has 0 saturated heterocycles. The number of hydrogen-bond donors (Lipinski definition) is 0. The van der Waals surface area contributed by atoms with E-state index in [-0.39, 0.29) is 10.5 Å². The van der Waals surface area contributed by atoms with Crippen molar-refractivity contribution in [2.24, 2.45) is 0 Å². The Hall–Kier alpha value is -1.14. The summed E-state index contributed by atoms with van der Waals surface area (Å²) in [7, 11) is 1.35. The molecule has 13 heavy (non-hydrogen) atoms. The van der Waals surface area contributed by atoms with Crippen molar-refractivity contribution >= 4 is 30.8 Å². The van der Waals surface area contributed by atoms with Gasteiger partial charge in [0.1, 0.15) is 10.4 Å². The van der Waals surface area contributed by atoms with Gasteiger partial charge in [0, 0.05) is 16.0 Å². The highest BCUT2D eigenvalue weighted by Gasteiger charge is 2.17. The van der Waals surface area contributed by atoms with E-state index in [2.05, 4.69) is 14.9 Å². The fourth-order valence-electron chi connectivity index (χ4n) is 0.972. The lowest BCUT2D eigenvalue weighted by atomic mass is 10.3. The maximum Gasteiger partial charge on any atom is 0.265 e. The highest BCUT2D eigenvalue weighted by atomic mass is 35.7. The first-order chi connectivity index (χ1) is 6.09. The average Bonchev–Trinajstić information content (AvgIpc) is 2.48. The SMILES string of the molecule is O=S(=O)(Cl)c1cccc2nnoc12. The largest absolute Gasteiger partial charge is 0.335 e. The standard InChI is InChI=1S/C6H3ClN2O3S/c7-13(10,11)5-3-1-2-4-6(5)12-9-8-4/h1-3H. The first-order valence-electron chi connectivity index (χ1n) is 3.25. The van der Waals surface area contributed by atoms with E-state index in [0.29, 0.717) is 5.52 Å². The van der Waals surface area contributed by atoms with Crippen LogP contribution in [0.2, 0.25) is 0 Å². The van der Waals surface area contributed by atoms with Crippen molar-refractivity contribution in [1.82, 2.24) is 10.4 Å². The lowest BCUT2D eigenvalue weighted by Gasteiger charge is -1.93. The van der Waals surface area contributed by atoms with Crippen LogP contribution in [0, 0.1) is 0 Å². The fraction of sp³-hybridized carbons (Fsp3) is 0. The number of fused-ring (bicyclic) bond motifs is 1. The van der Waals surface area contributed by atoms with Gasteiger partial charge in [-0.1, -0.05) is 6.07 Å². The molecule has 0 fully saturated rings. The van der Waals surface area contributed by atoms with Gasteiger partial charge in [0.15, 0.2) is 0 Å². The summed E-state index contributed by atoms with van der Waals surface area (Å²) in [5, 5.41) is 6.78. The number of hydrogen-bond acceptors (Lipinski definition) is 5. The average molecular weight is 219 g/mol. The number of nitrogens with zero attached hydrogens (tertiary/aromatic N) is 2. The first kappa shape index (κ1) is 8.46. The fourth-order valence-corrected chi connectivity index (χ4v) is 1.94. The molecule has 0 aliphatic carbocycles. The molecule has 0 spiro atoms. The summed E-state index contributed by atoms with van der Waals surface area (Å²) < 4.78 is 26.6. The second kappa shape index (κ2) is 2.68. The molecule has 0 N–H and O–H groups in total. The molecule has 0 saturated carbocycles. The van der Waals surface area contributed by atoms with Gasteiger partial charge in [-0.05, 0) is 12.1 Å². The third kappa shape index (κ3) is 1.38. The molecule has 0 aliphatic rings. The molecule has 5 nitrogen and oxygen atoms in total. The van der Waals surface area contributed by atoms with Crippen LogP contribution in [-0.4, -0.2) is 18.8 Å². The van der Waals surface area contributed by atoms with Crippen molar-refractivity contribution in [1.29, 1.82) is 0 Å². The smallest absolute Gasteiger partial charge is 0.265 e. The van der Waals surface area contributed by atoms with Gasteiger partial charge in [-0.15, -0.1) is 5.10 Å². The molecule has 68 valence electrons. The molecule has 2 aromatic rings. The molecule has 0 unspecified atom stereocenters. The topological polar surface area (TPSA) is 73.1 Å². The summed E-state index contributed by atoms with van der Waals surface area (Å²) in [5.74, 6) is 0. The third-order valence-corrected chi connectivity index (χ3v) is 2.85. The van der Waals surface area contributed by atoms with E-state index in [1.165, 1.54) is 12.1 Å². The quantitative estimate of drug-likeness (QED) is 0.672. The molecule has 1 aromatic carbocycles. The second-order valence-electron chi connectivity index (χ2n) is 2.32. The Kier molecular flexibility index (Phi) is 1.74. The molecule has 0 radical (unpaired) electrons. The Balaban J connectivity index is 2.91. The maximum absolute atomic E-state index is 11.0. The molecule has 0 atom stereocenters. The van der Waals surface area contributed by atoms with E-state index in [1.54, 1.807) is 6.07 Å². The maximum atomic E-state index is 11.0. The van der Waals surface area contributed by atoms with Gasteiger partial charge in [-0.25, -0.2) is 8.42 Å². The predicted molar refractivity (Wildman–Crippen MR) is 44.8 cm³/mol. The zero-order valence-corrected chi connectivity index (χ0v) is 7.71. The second-order valence-corrected chi connectivity index (χ2v) is 4.85. The van der Waals surface area contributed by atoms with E-state index in [4.69, 9.17) is 10.7 Å². The number of para-hydroxylation sites is 1. The minimum absolute atomic E-state index is 0.0810. The van der Waals surface area contributed by atoms with Gasteiger partial charge < -0.3 is 4.52 Å². The van der Waals surface area contributed by atoms with Crippen LogP contribution in [0.4, 0.5) is 0 Å². The van der Waals surface area contributed by atoms with E-state index in [9.17, 15) is 8.42 Å². The van der Waals surface area contributed by atoms with E-state index in [0.717, 1.165) is 0 Å². The van der Waals surface area contributed by atoms with Gasteiger partial charge in [0.25, 0.3) is 9.05 Å². The normalized spacial score (nSPS) is 12.1. The van der Waals surface area contributed by atoms with Crippen molar-refractivity contribution < 1.29 is 12.9 Å². The molecular formula is C6H3ClN2O3S. The van der Waals surface area contributed by atoms with Crippen LogP contribution in [0.15, 0.2) is 27.6 Å². The number of benzene rings is 1. The van der Waals surface area contributed by atoms with Crippen LogP contribution in [0.25, 0.3) is 11.1 Å². The molecule has 0 aliphatic heterocycles. The third-order valence-electron chi connectivity index (χ3n) is 1.50. The minimum Gasteiger partial charge on any atom is -0.335 e. The Labute approximate surface area is 77.7 Å². The zero-order valence-electron chi connectivity index (χ0n) is 6.14. The molecule has 0 amide bonds. The first-order valence-corrected chi connectivity index (χ1v) is 5.56. The molecule has 1 aromatic heterocycles. The summed E-state index contributed by atoms with van der Waals surface area (Å²) in [6.45, 7) is 0. The van der Waals surface area contributed by atoms with Crippen molar-refractivity contribution in [2.45, 2.75) is 4.90 Å². The molecule has 7 heteroatoms. The van der Waals surface area contributed by atoms with Crippen molar-refractivity contribution in [2.75, 3.05) is 0 Å². The van der Waals surface area contributed by atoms with Crippen molar-refractivity contribution in [3.8, 4) is 0 Å². The summed E-state index contributed by atoms with van der Waals surface area (Å²) in [5.41, 5.74) is 0.444. The van der Waals surface area contributed by atoms with Crippen LogP contribution < -0.4 is 0 Å². The van der Waals surface area contributed by atoms with Crippen LogP contribution in [0.5, 0.6) is 0 Å². The number of halogens is 1. The van der Waals surface area contributed by atoms with Gasteiger partial charge in [-0.3, -0.25) is 0 Å². The lowest BCUT2D eigenvalue weighted by molar-refractivity contribution is 0.419. The Morgan fingerprint density at radius 1 is 1.38 bits per heavy atom.